The minimum atomic E-state index is -0.936. The summed E-state index contributed by atoms with van der Waals surface area (Å²) < 4.78 is 0. The number of rotatable bonds is 21. The third-order valence-electron chi connectivity index (χ3n) is 17.3. The lowest BCUT2D eigenvalue weighted by Gasteiger charge is -2.36. The molecule has 7 rings (SSSR count). The van der Waals surface area contributed by atoms with Crippen molar-refractivity contribution in [3.63, 3.8) is 0 Å². The van der Waals surface area contributed by atoms with Gasteiger partial charge < -0.3 is 41.7 Å². The van der Waals surface area contributed by atoms with Gasteiger partial charge in [0.05, 0.1) is 17.1 Å². The molecule has 8 atom stereocenters. The van der Waals surface area contributed by atoms with Crippen LogP contribution in [-0.2, 0) is 39.8 Å². The first-order chi connectivity index (χ1) is 37.2. The van der Waals surface area contributed by atoms with Gasteiger partial charge in [0, 0.05) is 54.6 Å². The average Bonchev–Trinajstić information content (AvgIpc) is 4.14. The van der Waals surface area contributed by atoms with Gasteiger partial charge in [-0.15, -0.1) is 0 Å². The van der Waals surface area contributed by atoms with Crippen LogP contribution in [0.1, 0.15) is 170 Å². The van der Waals surface area contributed by atoms with Crippen molar-refractivity contribution in [2.24, 2.45) is 23.7 Å². The Bertz CT molecular complexity index is 2400. The summed E-state index contributed by atoms with van der Waals surface area (Å²) in [4.78, 5) is 117. The minimum absolute atomic E-state index is 0.00591. The predicted octanol–water partition coefficient (Wildman–Crippen LogP) is 7.06. The molecule has 2 heterocycles. The molecular weight excluding hydrogens is 985 g/mol. The second-order valence-corrected chi connectivity index (χ2v) is 23.7. The summed E-state index contributed by atoms with van der Waals surface area (Å²) in [7, 11) is 1.72. The van der Waals surface area contributed by atoms with Crippen molar-refractivity contribution in [1.82, 2.24) is 41.7 Å². The topological polar surface area (TPSA) is 215 Å². The molecule has 16 heteroatoms. The van der Waals surface area contributed by atoms with Gasteiger partial charge in [0.2, 0.25) is 29.5 Å². The number of nitrogens with one attached hydrogen (secondary N) is 6. The summed E-state index contributed by atoms with van der Waals surface area (Å²) in [6, 6.07) is 21.0. The molecule has 3 aromatic rings. The molecular formula is C62H86N8O8. The third-order valence-corrected chi connectivity index (χ3v) is 17.3. The van der Waals surface area contributed by atoms with E-state index in [9.17, 15) is 38.4 Å². The van der Waals surface area contributed by atoms with Crippen LogP contribution in [0.3, 0.4) is 0 Å². The van der Waals surface area contributed by atoms with Crippen molar-refractivity contribution in [2.45, 2.75) is 186 Å². The summed E-state index contributed by atoms with van der Waals surface area (Å²) in [5.41, 5.74) is 0.728. The zero-order chi connectivity index (χ0) is 56.3. The lowest BCUT2D eigenvalue weighted by atomic mass is 9.76. The molecule has 422 valence electrons. The first kappa shape index (κ1) is 59.2. The normalized spacial score (nSPS) is 21.8. The Morgan fingerprint density at radius 3 is 1.42 bits per heavy atom. The Hall–Kier alpha value is -6.42. The van der Waals surface area contributed by atoms with Gasteiger partial charge in [-0.25, -0.2) is 0 Å². The molecule has 0 radical (unpaired) electrons. The van der Waals surface area contributed by atoms with Crippen LogP contribution in [-0.4, -0.2) is 113 Å². The summed E-state index contributed by atoms with van der Waals surface area (Å²) in [6.07, 6.45) is 10.1. The molecule has 0 aromatic heterocycles. The number of amides is 7. The van der Waals surface area contributed by atoms with Crippen LogP contribution in [0.4, 0.5) is 0 Å². The minimum Gasteiger partial charge on any atom is -0.347 e. The molecule has 7 amide bonds. The molecule has 16 nitrogen and oxygen atoms in total. The number of nitrogens with zero attached hydrogens (tertiary/aromatic N) is 2. The van der Waals surface area contributed by atoms with Gasteiger partial charge in [0.25, 0.3) is 11.8 Å². The van der Waals surface area contributed by atoms with E-state index in [-0.39, 0.29) is 96.6 Å². The second kappa shape index (κ2) is 26.5. The predicted molar refractivity (Wildman–Crippen MR) is 301 cm³/mol. The number of ketones is 1. The number of benzene rings is 3. The zero-order valence-corrected chi connectivity index (χ0v) is 47.3. The Morgan fingerprint density at radius 2 is 1.00 bits per heavy atom. The van der Waals surface area contributed by atoms with Crippen LogP contribution in [0.5, 0.6) is 0 Å². The molecule has 4 aliphatic rings. The number of likely N-dealkylation sites (N-methyl/N-ethyl adjacent to an activating group) is 1. The highest BCUT2D eigenvalue weighted by molar-refractivity contribution is 5.99. The smallest absolute Gasteiger partial charge is 0.251 e. The zero-order valence-electron chi connectivity index (χ0n) is 47.3. The van der Waals surface area contributed by atoms with Crippen molar-refractivity contribution >= 4 is 47.1 Å². The number of hydrogen-bond acceptors (Lipinski definition) is 9. The maximum Gasteiger partial charge on any atom is 0.251 e. The van der Waals surface area contributed by atoms with Crippen LogP contribution < -0.4 is 31.9 Å². The van der Waals surface area contributed by atoms with E-state index in [1.54, 1.807) is 48.0 Å². The van der Waals surface area contributed by atoms with Crippen molar-refractivity contribution in [1.29, 1.82) is 0 Å². The fourth-order valence-electron chi connectivity index (χ4n) is 12.1. The fourth-order valence-corrected chi connectivity index (χ4v) is 12.1. The number of carbonyl (C=O) groups is 8. The maximum atomic E-state index is 14.9. The largest absolute Gasteiger partial charge is 0.347 e. The third kappa shape index (κ3) is 14.6. The quantitative estimate of drug-likeness (QED) is 0.0643. The summed E-state index contributed by atoms with van der Waals surface area (Å²) in [5, 5.41) is 18.6. The molecule has 2 saturated heterocycles. The highest BCUT2D eigenvalue weighted by atomic mass is 16.2. The van der Waals surface area contributed by atoms with Gasteiger partial charge in [-0.05, 0) is 134 Å². The van der Waals surface area contributed by atoms with E-state index in [1.165, 1.54) is 0 Å². The number of Topliss-reactive ketones (excluding diaryl/α,β-unsaturated/α-hetero) is 1. The Kier molecular flexibility index (Phi) is 20.1. The summed E-state index contributed by atoms with van der Waals surface area (Å²) in [5.74, 6) is -3.47. The van der Waals surface area contributed by atoms with Gasteiger partial charge >= 0.3 is 0 Å². The monoisotopic (exact) mass is 1070 g/mol. The summed E-state index contributed by atoms with van der Waals surface area (Å²) in [6.45, 7) is 13.3. The van der Waals surface area contributed by atoms with Crippen molar-refractivity contribution in [2.75, 3.05) is 20.1 Å². The van der Waals surface area contributed by atoms with E-state index >= 15 is 0 Å². The van der Waals surface area contributed by atoms with E-state index in [2.05, 4.69) is 31.9 Å². The second-order valence-electron chi connectivity index (χ2n) is 23.7. The molecule has 3 aromatic carbocycles. The Morgan fingerprint density at radius 1 is 0.577 bits per heavy atom. The van der Waals surface area contributed by atoms with E-state index in [4.69, 9.17) is 0 Å². The molecule has 2 aliphatic carbocycles. The lowest BCUT2D eigenvalue weighted by molar-refractivity contribution is -0.145. The van der Waals surface area contributed by atoms with Gasteiger partial charge in [-0.2, -0.15) is 0 Å². The molecule has 2 saturated carbocycles. The van der Waals surface area contributed by atoms with Crippen LogP contribution in [0.25, 0.3) is 0 Å². The number of likely N-dealkylation sites (tertiary alicyclic amines) is 2. The van der Waals surface area contributed by atoms with E-state index < -0.39 is 65.1 Å². The first-order valence-corrected chi connectivity index (χ1v) is 28.8. The first-order valence-electron chi connectivity index (χ1n) is 28.8. The van der Waals surface area contributed by atoms with Crippen molar-refractivity contribution in [3.8, 4) is 0 Å². The standard InChI is InChI=1S/C62H86N8O8/c1-9-39(2)54(72)66-53(42-24-16-11-17-25-42)60(78)70-38-48(35-51(70)58(76)68-62(6,7)46-28-20-13-21-29-46)65-56(74)44-32-30-43(31-33-44)55(73)64-47-34-50(57(75)67-61(4,5)45-26-18-12-19-27-45)69(37-47)59(77)49(36-52(71)40(3)63-8)41-22-14-10-15-23-41/h12-13,18-21,26-33,39-42,47-51,53,63H,9-11,14-17,22-25,34-38H2,1-8H3,(H,64,73)(H,65,74)(H,66,72)(H,67,75)(H,68,76)/t39-,40+,47+,48+,49+,50+,51+,53+/m1/s1. The van der Waals surface area contributed by atoms with Crippen molar-refractivity contribution in [3.05, 3.63) is 107 Å². The van der Waals surface area contributed by atoms with Crippen molar-refractivity contribution < 1.29 is 38.4 Å². The highest BCUT2D eigenvalue weighted by Gasteiger charge is 2.48. The number of carbonyl (C=O) groups excluding carboxylic acids is 8. The van der Waals surface area contributed by atoms with Gasteiger partial charge in [-0.1, -0.05) is 113 Å². The molecule has 78 heavy (non-hydrogen) atoms. The number of hydrogen-bond donors (Lipinski definition) is 6. The Balaban J connectivity index is 1.07. The molecule has 6 N–H and O–H groups in total. The summed E-state index contributed by atoms with van der Waals surface area (Å²) >= 11 is 0. The van der Waals surface area contributed by atoms with E-state index in [0.29, 0.717) is 6.42 Å². The van der Waals surface area contributed by atoms with Crippen LogP contribution >= 0.6 is 0 Å². The molecule has 0 spiro atoms. The van der Waals surface area contributed by atoms with Gasteiger partial charge in [0.1, 0.15) is 23.9 Å². The fraction of sp³-hybridized carbons (Fsp3) is 0.581. The maximum absolute atomic E-state index is 14.9. The average molecular weight is 1070 g/mol. The molecule has 4 fully saturated rings. The van der Waals surface area contributed by atoms with Gasteiger partial charge in [-0.3, -0.25) is 38.4 Å². The van der Waals surface area contributed by atoms with Crippen LogP contribution in [0.15, 0.2) is 84.9 Å². The molecule has 0 unspecified atom stereocenters. The van der Waals surface area contributed by atoms with E-state index in [1.807, 2.05) is 102 Å². The van der Waals surface area contributed by atoms with Gasteiger partial charge in [0.15, 0.2) is 0 Å². The molecule has 0 bridgehead atoms. The van der Waals surface area contributed by atoms with Crippen LogP contribution in [0, 0.1) is 23.7 Å². The lowest BCUT2D eigenvalue weighted by Crippen LogP contribution is -2.58. The highest BCUT2D eigenvalue weighted by Crippen LogP contribution is 2.36. The van der Waals surface area contributed by atoms with E-state index in [0.717, 1.165) is 75.3 Å². The SMILES string of the molecule is CC[C@@H](C)C(=O)N[C@H](C(=O)N1C[C@@H](NC(=O)c2ccc(C(=O)N[C@H]3C[C@@H](C(=O)NC(C)(C)c4ccccc4)N(C(=O)[C@@H](CC(=O)[C@H](C)NC)C4CCCCC4)C3)cc2)C[C@H]1C(=O)NC(C)(C)c1ccccc1)C1CCCCC1. The Labute approximate surface area is 462 Å². The van der Waals surface area contributed by atoms with Crippen LogP contribution in [0.2, 0.25) is 0 Å². The molecule has 2 aliphatic heterocycles.